The van der Waals surface area contributed by atoms with Crippen molar-refractivity contribution in [3.63, 3.8) is 0 Å². The molecule has 1 fully saturated rings. The second-order valence-corrected chi connectivity index (χ2v) is 5.24. The molecule has 19 heavy (non-hydrogen) atoms. The molecule has 4 heteroatoms. The third-order valence-corrected chi connectivity index (χ3v) is 3.55. The predicted molar refractivity (Wildman–Crippen MR) is 74.4 cm³/mol. The van der Waals surface area contributed by atoms with Gasteiger partial charge in [-0.3, -0.25) is 0 Å². The maximum atomic E-state index is 12.0. The number of carbonyl (C=O) groups excluding carboxylic acids is 1. The van der Waals surface area contributed by atoms with E-state index in [9.17, 15) is 9.90 Å². The Morgan fingerprint density at radius 1 is 1.21 bits per heavy atom. The van der Waals surface area contributed by atoms with Gasteiger partial charge in [0.15, 0.2) is 0 Å². The van der Waals surface area contributed by atoms with Crippen molar-refractivity contribution in [1.82, 2.24) is 0 Å². The first-order valence-corrected chi connectivity index (χ1v) is 6.74. The maximum Gasteiger partial charge on any atom is 0.338 e. The first kappa shape index (κ1) is 13.9. The normalized spacial score (nSPS) is 22.9. The standard InChI is InChI=1S/C15H21NO3/c1-16(2)12-9-7-11(8-10-12)15(18)19-14-6-4-3-5-13(14)17/h7-10,13-14,17H,3-6H2,1-2H3/t13-,14-/m1/s1. The number of esters is 1. The van der Waals surface area contributed by atoms with E-state index in [4.69, 9.17) is 4.74 Å². The highest BCUT2D eigenvalue weighted by Gasteiger charge is 2.26. The van der Waals surface area contributed by atoms with Crippen LogP contribution in [0.3, 0.4) is 0 Å². The third kappa shape index (κ3) is 3.47. The Morgan fingerprint density at radius 3 is 2.42 bits per heavy atom. The number of nitrogens with zero attached hydrogens (tertiary/aromatic N) is 1. The molecular weight excluding hydrogens is 242 g/mol. The van der Waals surface area contributed by atoms with E-state index in [0.717, 1.165) is 31.4 Å². The van der Waals surface area contributed by atoms with Crippen molar-refractivity contribution in [1.29, 1.82) is 0 Å². The van der Waals surface area contributed by atoms with Gasteiger partial charge < -0.3 is 14.7 Å². The van der Waals surface area contributed by atoms with Gasteiger partial charge >= 0.3 is 5.97 Å². The lowest BCUT2D eigenvalue weighted by molar-refractivity contribution is -0.0360. The van der Waals surface area contributed by atoms with Crippen molar-refractivity contribution in [2.45, 2.75) is 37.9 Å². The van der Waals surface area contributed by atoms with Gasteiger partial charge in [0.1, 0.15) is 6.10 Å². The van der Waals surface area contributed by atoms with E-state index in [1.165, 1.54) is 0 Å². The lowest BCUT2D eigenvalue weighted by Gasteiger charge is -2.27. The van der Waals surface area contributed by atoms with Gasteiger partial charge in [-0.25, -0.2) is 4.79 Å². The Bertz CT molecular complexity index is 428. The molecule has 1 aromatic carbocycles. The summed E-state index contributed by atoms with van der Waals surface area (Å²) in [6.45, 7) is 0. The third-order valence-electron chi connectivity index (χ3n) is 3.55. The van der Waals surface area contributed by atoms with E-state index < -0.39 is 6.10 Å². The highest BCUT2D eigenvalue weighted by molar-refractivity contribution is 5.90. The quantitative estimate of drug-likeness (QED) is 0.849. The molecule has 0 bridgehead atoms. The van der Waals surface area contributed by atoms with E-state index in [1.54, 1.807) is 12.1 Å². The molecule has 104 valence electrons. The minimum atomic E-state index is -0.515. The van der Waals surface area contributed by atoms with Gasteiger partial charge in [-0.05, 0) is 43.5 Å². The smallest absolute Gasteiger partial charge is 0.338 e. The van der Waals surface area contributed by atoms with Crippen LogP contribution in [0.5, 0.6) is 0 Å². The lowest BCUT2D eigenvalue weighted by Crippen LogP contribution is -2.34. The number of benzene rings is 1. The number of rotatable bonds is 3. The minimum absolute atomic E-state index is 0.351. The van der Waals surface area contributed by atoms with Crippen LogP contribution in [0.2, 0.25) is 0 Å². The molecule has 0 aliphatic heterocycles. The minimum Gasteiger partial charge on any atom is -0.456 e. The van der Waals surface area contributed by atoms with Gasteiger partial charge in [0.05, 0.1) is 11.7 Å². The Kier molecular flexibility index (Phi) is 4.43. The highest BCUT2D eigenvalue weighted by atomic mass is 16.6. The average Bonchev–Trinajstić information content (AvgIpc) is 2.41. The molecule has 0 radical (unpaired) electrons. The van der Waals surface area contributed by atoms with Crippen LogP contribution in [0, 0.1) is 0 Å². The molecule has 4 nitrogen and oxygen atoms in total. The molecule has 1 saturated carbocycles. The molecule has 0 spiro atoms. The predicted octanol–water partition coefficient (Wildman–Crippen LogP) is 2.21. The van der Waals surface area contributed by atoms with Crippen LogP contribution in [-0.4, -0.2) is 37.4 Å². The maximum absolute atomic E-state index is 12.0. The summed E-state index contributed by atoms with van der Waals surface area (Å²) < 4.78 is 5.39. The number of aliphatic hydroxyl groups excluding tert-OH is 1. The fourth-order valence-corrected chi connectivity index (χ4v) is 2.32. The van der Waals surface area contributed by atoms with Crippen molar-refractivity contribution in [2.75, 3.05) is 19.0 Å². The van der Waals surface area contributed by atoms with Gasteiger partial charge in [0.25, 0.3) is 0 Å². The molecule has 1 aliphatic carbocycles. The van der Waals surface area contributed by atoms with Crippen molar-refractivity contribution < 1.29 is 14.6 Å². The summed E-state index contributed by atoms with van der Waals surface area (Å²) in [5.41, 5.74) is 1.57. The van der Waals surface area contributed by atoms with Gasteiger partial charge in [0, 0.05) is 19.8 Å². The van der Waals surface area contributed by atoms with Gasteiger partial charge in [-0.15, -0.1) is 0 Å². The zero-order chi connectivity index (χ0) is 13.8. The molecule has 0 aromatic heterocycles. The molecule has 1 N–H and O–H groups in total. The molecule has 0 saturated heterocycles. The van der Waals surface area contributed by atoms with E-state index >= 15 is 0 Å². The monoisotopic (exact) mass is 263 g/mol. The summed E-state index contributed by atoms with van der Waals surface area (Å²) >= 11 is 0. The van der Waals surface area contributed by atoms with Crippen LogP contribution in [0.15, 0.2) is 24.3 Å². The van der Waals surface area contributed by atoms with Crippen LogP contribution < -0.4 is 4.90 Å². The summed E-state index contributed by atoms with van der Waals surface area (Å²) in [4.78, 5) is 14.0. The van der Waals surface area contributed by atoms with E-state index in [0.29, 0.717) is 5.56 Å². The second kappa shape index (κ2) is 6.06. The van der Waals surface area contributed by atoms with Crippen LogP contribution in [0.4, 0.5) is 5.69 Å². The fourth-order valence-electron chi connectivity index (χ4n) is 2.32. The van der Waals surface area contributed by atoms with Crippen molar-refractivity contribution in [2.24, 2.45) is 0 Å². The molecule has 1 aliphatic rings. The Morgan fingerprint density at radius 2 is 1.84 bits per heavy atom. The zero-order valence-corrected chi connectivity index (χ0v) is 11.5. The molecular formula is C15H21NO3. The second-order valence-electron chi connectivity index (χ2n) is 5.24. The first-order valence-electron chi connectivity index (χ1n) is 6.74. The molecule has 0 amide bonds. The summed E-state index contributed by atoms with van der Waals surface area (Å²) in [6.07, 6.45) is 2.62. The molecule has 2 atom stereocenters. The number of hydrogen-bond donors (Lipinski definition) is 1. The van der Waals surface area contributed by atoms with Crippen molar-refractivity contribution >= 4 is 11.7 Å². The Hall–Kier alpha value is -1.55. The summed E-state index contributed by atoms with van der Waals surface area (Å²) in [6, 6.07) is 7.28. The lowest BCUT2D eigenvalue weighted by atomic mass is 9.95. The number of aliphatic hydroxyl groups is 1. The molecule has 0 unspecified atom stereocenters. The number of ether oxygens (including phenoxy) is 1. The SMILES string of the molecule is CN(C)c1ccc(C(=O)O[C@@H]2CCCC[C@H]2O)cc1. The van der Waals surface area contributed by atoms with E-state index in [2.05, 4.69) is 0 Å². The fraction of sp³-hybridized carbons (Fsp3) is 0.533. The van der Waals surface area contributed by atoms with Gasteiger partial charge in [0.2, 0.25) is 0 Å². The Labute approximate surface area is 114 Å². The Balaban J connectivity index is 1.99. The number of hydrogen-bond acceptors (Lipinski definition) is 4. The highest BCUT2D eigenvalue weighted by Crippen LogP contribution is 2.22. The van der Waals surface area contributed by atoms with Crippen molar-refractivity contribution in [3.05, 3.63) is 29.8 Å². The van der Waals surface area contributed by atoms with Gasteiger partial charge in [-0.1, -0.05) is 6.42 Å². The van der Waals surface area contributed by atoms with Crippen molar-refractivity contribution in [3.8, 4) is 0 Å². The van der Waals surface area contributed by atoms with Crippen LogP contribution in [-0.2, 0) is 4.74 Å². The molecule has 2 rings (SSSR count). The molecule has 0 heterocycles. The number of anilines is 1. The summed E-state index contributed by atoms with van der Waals surface area (Å²) in [7, 11) is 3.90. The zero-order valence-electron chi connectivity index (χ0n) is 11.5. The van der Waals surface area contributed by atoms with E-state index in [1.807, 2.05) is 31.1 Å². The number of carbonyl (C=O) groups is 1. The summed E-state index contributed by atoms with van der Waals surface area (Å²) in [5, 5.41) is 9.80. The van der Waals surface area contributed by atoms with Crippen LogP contribution in [0.25, 0.3) is 0 Å². The van der Waals surface area contributed by atoms with Crippen LogP contribution >= 0.6 is 0 Å². The van der Waals surface area contributed by atoms with Gasteiger partial charge in [-0.2, -0.15) is 0 Å². The largest absolute Gasteiger partial charge is 0.456 e. The molecule has 1 aromatic rings. The van der Waals surface area contributed by atoms with E-state index in [-0.39, 0.29) is 12.1 Å². The first-order chi connectivity index (χ1) is 9.08. The summed E-state index contributed by atoms with van der Waals surface area (Å²) in [5.74, 6) is -0.351. The topological polar surface area (TPSA) is 49.8 Å². The average molecular weight is 263 g/mol. The van der Waals surface area contributed by atoms with Crippen LogP contribution in [0.1, 0.15) is 36.0 Å².